The second kappa shape index (κ2) is 8.15. The van der Waals surface area contributed by atoms with Gasteiger partial charge in [-0.3, -0.25) is 4.79 Å². The van der Waals surface area contributed by atoms with Crippen LogP contribution < -0.4 is 10.6 Å². The van der Waals surface area contributed by atoms with Crippen LogP contribution in [-0.2, 0) is 11.3 Å². The van der Waals surface area contributed by atoms with Gasteiger partial charge in [0.15, 0.2) is 0 Å². The number of benzene rings is 1. The van der Waals surface area contributed by atoms with Crippen LogP contribution in [0, 0.1) is 5.92 Å². The molecule has 1 fully saturated rings. The number of hydrogen-bond donors (Lipinski definition) is 2. The molecule has 1 aromatic rings. The van der Waals surface area contributed by atoms with E-state index in [0.717, 1.165) is 32.7 Å². The van der Waals surface area contributed by atoms with E-state index in [1.807, 2.05) is 6.07 Å². The molecule has 0 atom stereocenters. The second-order valence-electron chi connectivity index (χ2n) is 4.87. The minimum atomic E-state index is 0. The molecule has 1 saturated heterocycles. The molecule has 4 nitrogen and oxygen atoms in total. The first-order valence-electron chi connectivity index (χ1n) is 6.46. The summed E-state index contributed by atoms with van der Waals surface area (Å²) in [5, 5.41) is 6.08. The van der Waals surface area contributed by atoms with Gasteiger partial charge in [-0.05, 0) is 12.6 Å². The van der Waals surface area contributed by atoms with E-state index in [4.69, 9.17) is 0 Å². The fourth-order valence-corrected chi connectivity index (χ4v) is 1.96. The van der Waals surface area contributed by atoms with E-state index in [1.165, 1.54) is 5.56 Å². The molecule has 1 amide bonds. The summed E-state index contributed by atoms with van der Waals surface area (Å²) in [6.45, 7) is 4.17. The Morgan fingerprint density at radius 2 is 2.05 bits per heavy atom. The van der Waals surface area contributed by atoms with Crippen LogP contribution in [0.3, 0.4) is 0 Å². The number of likely N-dealkylation sites (N-methyl/N-ethyl adjacent to an activating group) is 1. The Labute approximate surface area is 121 Å². The number of rotatable bonds is 6. The summed E-state index contributed by atoms with van der Waals surface area (Å²) >= 11 is 0. The molecule has 19 heavy (non-hydrogen) atoms. The van der Waals surface area contributed by atoms with Gasteiger partial charge in [-0.25, -0.2) is 0 Å². The van der Waals surface area contributed by atoms with Crippen molar-refractivity contribution >= 4 is 18.3 Å². The molecule has 5 heteroatoms. The molecule has 1 heterocycles. The Morgan fingerprint density at radius 1 is 1.37 bits per heavy atom. The SMILES string of the molecule is CN(CCNC(=O)C1CNC1)Cc1ccccc1.Cl. The maximum absolute atomic E-state index is 11.6. The molecule has 1 aliphatic rings. The highest BCUT2D eigenvalue weighted by Gasteiger charge is 2.24. The standard InChI is InChI=1S/C14H21N3O.ClH/c1-17(11-12-5-3-2-4-6-12)8-7-16-14(18)13-9-15-10-13;/h2-6,13,15H,7-11H2,1H3,(H,16,18);1H. The van der Waals surface area contributed by atoms with E-state index in [2.05, 4.69) is 46.8 Å². The Bertz CT molecular complexity index is 382. The monoisotopic (exact) mass is 283 g/mol. The zero-order valence-electron chi connectivity index (χ0n) is 11.3. The lowest BCUT2D eigenvalue weighted by Crippen LogP contribution is -2.51. The first kappa shape index (κ1) is 16.0. The van der Waals surface area contributed by atoms with E-state index < -0.39 is 0 Å². The van der Waals surface area contributed by atoms with Crippen molar-refractivity contribution in [1.82, 2.24) is 15.5 Å². The molecule has 1 aliphatic heterocycles. The molecular weight excluding hydrogens is 262 g/mol. The molecular formula is C14H22ClN3O. The number of hydrogen-bond acceptors (Lipinski definition) is 3. The van der Waals surface area contributed by atoms with E-state index in [-0.39, 0.29) is 24.2 Å². The summed E-state index contributed by atoms with van der Waals surface area (Å²) < 4.78 is 0. The van der Waals surface area contributed by atoms with Crippen molar-refractivity contribution in [3.8, 4) is 0 Å². The summed E-state index contributed by atoms with van der Waals surface area (Å²) in [5.41, 5.74) is 1.30. The van der Waals surface area contributed by atoms with Gasteiger partial charge in [0.05, 0.1) is 5.92 Å². The summed E-state index contributed by atoms with van der Waals surface area (Å²) in [4.78, 5) is 13.8. The van der Waals surface area contributed by atoms with Crippen LogP contribution in [-0.4, -0.2) is 44.0 Å². The lowest BCUT2D eigenvalue weighted by atomic mass is 10.0. The third-order valence-corrected chi connectivity index (χ3v) is 3.24. The van der Waals surface area contributed by atoms with E-state index in [9.17, 15) is 4.79 Å². The van der Waals surface area contributed by atoms with Gasteiger partial charge < -0.3 is 15.5 Å². The lowest BCUT2D eigenvalue weighted by Gasteiger charge is -2.26. The first-order valence-corrected chi connectivity index (χ1v) is 6.46. The zero-order chi connectivity index (χ0) is 12.8. The largest absolute Gasteiger partial charge is 0.354 e. The Balaban J connectivity index is 0.00000180. The second-order valence-corrected chi connectivity index (χ2v) is 4.87. The van der Waals surface area contributed by atoms with Crippen LogP contribution in [0.2, 0.25) is 0 Å². The fourth-order valence-electron chi connectivity index (χ4n) is 1.96. The Kier molecular flexibility index (Phi) is 6.84. The third-order valence-electron chi connectivity index (χ3n) is 3.24. The van der Waals surface area contributed by atoms with Gasteiger partial charge in [0.25, 0.3) is 0 Å². The molecule has 0 saturated carbocycles. The molecule has 2 N–H and O–H groups in total. The fraction of sp³-hybridized carbons (Fsp3) is 0.500. The predicted octanol–water partition coefficient (Wildman–Crippen LogP) is 0.876. The summed E-state index contributed by atoms with van der Waals surface area (Å²) in [6.07, 6.45) is 0. The van der Waals surface area contributed by atoms with Gasteiger partial charge in [-0.1, -0.05) is 30.3 Å². The van der Waals surface area contributed by atoms with Crippen LogP contribution in [0.5, 0.6) is 0 Å². The van der Waals surface area contributed by atoms with Crippen molar-refractivity contribution in [2.24, 2.45) is 5.92 Å². The average molecular weight is 284 g/mol. The molecule has 0 unspecified atom stereocenters. The van der Waals surface area contributed by atoms with E-state index >= 15 is 0 Å². The minimum absolute atomic E-state index is 0. The Morgan fingerprint density at radius 3 is 2.63 bits per heavy atom. The number of carbonyl (C=O) groups excluding carboxylic acids is 1. The quantitative estimate of drug-likeness (QED) is 0.815. The molecule has 1 aromatic carbocycles. The van der Waals surface area contributed by atoms with Crippen LogP contribution >= 0.6 is 12.4 Å². The highest BCUT2D eigenvalue weighted by molar-refractivity contribution is 5.85. The van der Waals surface area contributed by atoms with Gasteiger partial charge in [0.1, 0.15) is 0 Å². The molecule has 0 aromatic heterocycles. The summed E-state index contributed by atoms with van der Waals surface area (Å²) in [5.74, 6) is 0.367. The minimum Gasteiger partial charge on any atom is -0.354 e. The van der Waals surface area contributed by atoms with E-state index in [1.54, 1.807) is 0 Å². The predicted molar refractivity (Wildman–Crippen MR) is 79.4 cm³/mol. The van der Waals surface area contributed by atoms with Crippen molar-refractivity contribution in [3.63, 3.8) is 0 Å². The van der Waals surface area contributed by atoms with Gasteiger partial charge in [0.2, 0.25) is 5.91 Å². The van der Waals surface area contributed by atoms with Crippen molar-refractivity contribution in [1.29, 1.82) is 0 Å². The van der Waals surface area contributed by atoms with Gasteiger partial charge in [0, 0.05) is 32.7 Å². The summed E-state index contributed by atoms with van der Waals surface area (Å²) in [6, 6.07) is 10.4. The van der Waals surface area contributed by atoms with Gasteiger partial charge in [-0.2, -0.15) is 0 Å². The molecule has 0 radical (unpaired) electrons. The van der Waals surface area contributed by atoms with Crippen molar-refractivity contribution in [2.75, 3.05) is 33.2 Å². The normalized spacial score (nSPS) is 14.6. The van der Waals surface area contributed by atoms with Crippen LogP contribution in [0.1, 0.15) is 5.56 Å². The third kappa shape index (κ3) is 5.19. The highest BCUT2D eigenvalue weighted by atomic mass is 35.5. The van der Waals surface area contributed by atoms with Gasteiger partial charge >= 0.3 is 0 Å². The molecule has 0 spiro atoms. The topological polar surface area (TPSA) is 44.4 Å². The van der Waals surface area contributed by atoms with Gasteiger partial charge in [-0.15, -0.1) is 12.4 Å². The van der Waals surface area contributed by atoms with Crippen molar-refractivity contribution in [3.05, 3.63) is 35.9 Å². The van der Waals surface area contributed by atoms with E-state index in [0.29, 0.717) is 0 Å². The zero-order valence-corrected chi connectivity index (χ0v) is 12.1. The Hall–Kier alpha value is -1.10. The van der Waals surface area contributed by atoms with Crippen molar-refractivity contribution < 1.29 is 4.79 Å². The average Bonchev–Trinajstić information content (AvgIpc) is 2.27. The highest BCUT2D eigenvalue weighted by Crippen LogP contribution is 2.03. The maximum atomic E-state index is 11.6. The summed E-state index contributed by atoms with van der Waals surface area (Å²) in [7, 11) is 2.07. The number of carbonyl (C=O) groups is 1. The number of amides is 1. The number of halogens is 1. The van der Waals surface area contributed by atoms with Crippen molar-refractivity contribution in [2.45, 2.75) is 6.54 Å². The van der Waals surface area contributed by atoms with Crippen LogP contribution in [0.15, 0.2) is 30.3 Å². The van der Waals surface area contributed by atoms with Crippen LogP contribution in [0.4, 0.5) is 0 Å². The molecule has 106 valence electrons. The molecule has 0 bridgehead atoms. The lowest BCUT2D eigenvalue weighted by molar-refractivity contribution is -0.126. The number of nitrogens with zero attached hydrogens (tertiary/aromatic N) is 1. The molecule has 2 rings (SSSR count). The first-order chi connectivity index (χ1) is 8.75. The smallest absolute Gasteiger partial charge is 0.225 e. The number of nitrogens with one attached hydrogen (secondary N) is 2. The van der Waals surface area contributed by atoms with Crippen LogP contribution in [0.25, 0.3) is 0 Å². The molecule has 0 aliphatic carbocycles. The maximum Gasteiger partial charge on any atom is 0.225 e.